The summed E-state index contributed by atoms with van der Waals surface area (Å²) < 4.78 is 1.55. The standard InChI is InChI=1S/C14H12N2O2/c1-10-5-13(17)7-14(18)16(10)9-12-4-2-3-11(6-12)8-15/h2-7,17H,9H2,1H3. The van der Waals surface area contributed by atoms with Gasteiger partial charge in [0.15, 0.2) is 0 Å². The van der Waals surface area contributed by atoms with Gasteiger partial charge in [-0.25, -0.2) is 0 Å². The van der Waals surface area contributed by atoms with Crippen LogP contribution in [-0.2, 0) is 6.54 Å². The quantitative estimate of drug-likeness (QED) is 0.870. The van der Waals surface area contributed by atoms with E-state index in [0.29, 0.717) is 17.8 Å². The molecular formula is C14H12N2O2. The third-order valence-electron chi connectivity index (χ3n) is 2.72. The van der Waals surface area contributed by atoms with E-state index in [1.807, 2.05) is 6.07 Å². The van der Waals surface area contributed by atoms with E-state index in [0.717, 1.165) is 5.56 Å². The normalized spacial score (nSPS) is 10.0. The van der Waals surface area contributed by atoms with E-state index in [1.165, 1.54) is 12.1 Å². The van der Waals surface area contributed by atoms with Gasteiger partial charge >= 0.3 is 0 Å². The third kappa shape index (κ3) is 2.41. The lowest BCUT2D eigenvalue weighted by molar-refractivity contribution is 0.470. The summed E-state index contributed by atoms with van der Waals surface area (Å²) in [5.41, 5.74) is 1.87. The van der Waals surface area contributed by atoms with Gasteiger partial charge in [0.05, 0.1) is 18.2 Å². The molecule has 0 aliphatic heterocycles. The molecule has 1 aromatic carbocycles. The number of aromatic hydroxyl groups is 1. The molecule has 2 rings (SSSR count). The molecule has 2 aromatic rings. The number of aryl methyl sites for hydroxylation is 1. The Kier molecular flexibility index (Phi) is 3.16. The Balaban J connectivity index is 2.41. The van der Waals surface area contributed by atoms with E-state index in [9.17, 15) is 9.90 Å². The predicted octanol–water partition coefficient (Wildman–Crippen LogP) is 1.78. The molecule has 0 saturated heterocycles. The SMILES string of the molecule is Cc1cc(O)cc(=O)n1Cc1cccc(C#N)c1. The zero-order valence-corrected chi connectivity index (χ0v) is 9.92. The molecule has 4 nitrogen and oxygen atoms in total. The van der Waals surface area contributed by atoms with Crippen LogP contribution in [0.25, 0.3) is 0 Å². The molecule has 1 heterocycles. The molecule has 90 valence electrons. The Morgan fingerprint density at radius 2 is 2.11 bits per heavy atom. The van der Waals surface area contributed by atoms with Crippen LogP contribution in [0, 0.1) is 18.3 Å². The molecule has 0 bridgehead atoms. The smallest absolute Gasteiger partial charge is 0.254 e. The number of nitriles is 1. The molecule has 0 amide bonds. The van der Waals surface area contributed by atoms with E-state index in [-0.39, 0.29) is 11.3 Å². The highest BCUT2D eigenvalue weighted by Gasteiger charge is 2.04. The lowest BCUT2D eigenvalue weighted by atomic mass is 10.1. The fourth-order valence-electron chi connectivity index (χ4n) is 1.84. The molecule has 0 aliphatic rings. The zero-order chi connectivity index (χ0) is 13.1. The average Bonchev–Trinajstić information content (AvgIpc) is 2.34. The maximum Gasteiger partial charge on any atom is 0.254 e. The minimum absolute atomic E-state index is 0.0282. The van der Waals surface area contributed by atoms with Crippen LogP contribution in [0.1, 0.15) is 16.8 Å². The number of hydrogen-bond acceptors (Lipinski definition) is 3. The van der Waals surface area contributed by atoms with Crippen LogP contribution in [0.5, 0.6) is 5.75 Å². The average molecular weight is 240 g/mol. The first-order valence-corrected chi connectivity index (χ1v) is 5.49. The summed E-state index contributed by atoms with van der Waals surface area (Å²) in [5, 5.41) is 18.1. The van der Waals surface area contributed by atoms with Crippen molar-refractivity contribution in [3.05, 3.63) is 63.6 Å². The molecule has 0 saturated carbocycles. The van der Waals surface area contributed by atoms with Crippen molar-refractivity contribution in [2.45, 2.75) is 13.5 Å². The molecule has 0 unspecified atom stereocenters. The molecule has 0 aliphatic carbocycles. The second kappa shape index (κ2) is 4.76. The topological polar surface area (TPSA) is 66.0 Å². The van der Waals surface area contributed by atoms with Crippen molar-refractivity contribution >= 4 is 0 Å². The van der Waals surface area contributed by atoms with E-state index >= 15 is 0 Å². The number of benzene rings is 1. The number of hydrogen-bond donors (Lipinski definition) is 1. The number of aromatic nitrogens is 1. The Bertz CT molecular complexity index is 681. The molecule has 0 radical (unpaired) electrons. The molecule has 18 heavy (non-hydrogen) atoms. The highest BCUT2D eigenvalue weighted by atomic mass is 16.3. The largest absolute Gasteiger partial charge is 0.508 e. The fraction of sp³-hybridized carbons (Fsp3) is 0.143. The molecule has 1 aromatic heterocycles. The lowest BCUT2D eigenvalue weighted by Crippen LogP contribution is -2.21. The van der Waals surface area contributed by atoms with Crippen molar-refractivity contribution < 1.29 is 5.11 Å². The summed E-state index contributed by atoms with van der Waals surface area (Å²) in [6.45, 7) is 2.15. The van der Waals surface area contributed by atoms with Crippen LogP contribution in [0.15, 0.2) is 41.2 Å². The van der Waals surface area contributed by atoms with Gasteiger partial charge < -0.3 is 9.67 Å². The number of pyridine rings is 1. The van der Waals surface area contributed by atoms with Crippen LogP contribution < -0.4 is 5.56 Å². The summed E-state index contributed by atoms with van der Waals surface area (Å²) in [5.74, 6) is -0.0282. The first-order valence-electron chi connectivity index (χ1n) is 5.49. The van der Waals surface area contributed by atoms with Crippen LogP contribution in [-0.4, -0.2) is 9.67 Å². The van der Waals surface area contributed by atoms with Crippen molar-refractivity contribution in [3.63, 3.8) is 0 Å². The predicted molar refractivity (Wildman–Crippen MR) is 67.4 cm³/mol. The van der Waals surface area contributed by atoms with Crippen LogP contribution >= 0.6 is 0 Å². The Hall–Kier alpha value is -2.54. The van der Waals surface area contributed by atoms with E-state index in [1.54, 1.807) is 29.7 Å². The second-order valence-corrected chi connectivity index (χ2v) is 4.09. The Morgan fingerprint density at radius 3 is 2.78 bits per heavy atom. The van der Waals surface area contributed by atoms with Gasteiger partial charge in [0, 0.05) is 11.8 Å². The summed E-state index contributed by atoms with van der Waals surface area (Å²) in [4.78, 5) is 11.8. The summed E-state index contributed by atoms with van der Waals surface area (Å²) in [7, 11) is 0. The first-order chi connectivity index (χ1) is 8.60. The molecule has 0 fully saturated rings. The molecule has 4 heteroatoms. The molecule has 1 N–H and O–H groups in total. The van der Waals surface area contributed by atoms with Gasteiger partial charge in [-0.2, -0.15) is 5.26 Å². The van der Waals surface area contributed by atoms with Gasteiger partial charge in [-0.05, 0) is 30.7 Å². The second-order valence-electron chi connectivity index (χ2n) is 4.09. The van der Waals surface area contributed by atoms with Crippen molar-refractivity contribution in [1.29, 1.82) is 5.26 Å². The van der Waals surface area contributed by atoms with Crippen molar-refractivity contribution in [2.24, 2.45) is 0 Å². The van der Waals surface area contributed by atoms with E-state index in [4.69, 9.17) is 5.26 Å². The monoisotopic (exact) mass is 240 g/mol. The first kappa shape index (κ1) is 11.9. The minimum atomic E-state index is -0.255. The van der Waals surface area contributed by atoms with Gasteiger partial charge in [0.1, 0.15) is 5.75 Å². The van der Waals surface area contributed by atoms with Gasteiger partial charge in [-0.1, -0.05) is 12.1 Å². The Morgan fingerprint density at radius 1 is 1.33 bits per heavy atom. The van der Waals surface area contributed by atoms with Crippen LogP contribution in [0.3, 0.4) is 0 Å². The van der Waals surface area contributed by atoms with Crippen LogP contribution in [0.2, 0.25) is 0 Å². The molecular weight excluding hydrogens is 228 g/mol. The number of nitrogens with zero attached hydrogens (tertiary/aromatic N) is 2. The van der Waals surface area contributed by atoms with E-state index < -0.39 is 0 Å². The fourth-order valence-corrected chi connectivity index (χ4v) is 1.84. The maximum atomic E-state index is 11.8. The Labute approximate surface area is 104 Å². The summed E-state index contributed by atoms with van der Waals surface area (Å²) in [6, 6.07) is 11.9. The van der Waals surface area contributed by atoms with Gasteiger partial charge in [-0.3, -0.25) is 4.79 Å². The third-order valence-corrected chi connectivity index (χ3v) is 2.72. The van der Waals surface area contributed by atoms with Gasteiger partial charge in [0.25, 0.3) is 5.56 Å². The summed E-state index contributed by atoms with van der Waals surface area (Å²) >= 11 is 0. The van der Waals surface area contributed by atoms with Gasteiger partial charge in [-0.15, -0.1) is 0 Å². The summed E-state index contributed by atoms with van der Waals surface area (Å²) in [6.07, 6.45) is 0. The minimum Gasteiger partial charge on any atom is -0.508 e. The zero-order valence-electron chi connectivity index (χ0n) is 9.92. The lowest BCUT2D eigenvalue weighted by Gasteiger charge is -2.10. The highest BCUT2D eigenvalue weighted by Crippen LogP contribution is 2.10. The van der Waals surface area contributed by atoms with Crippen molar-refractivity contribution in [1.82, 2.24) is 4.57 Å². The van der Waals surface area contributed by atoms with Crippen LogP contribution in [0.4, 0.5) is 0 Å². The maximum absolute atomic E-state index is 11.8. The van der Waals surface area contributed by atoms with Crippen molar-refractivity contribution in [2.75, 3.05) is 0 Å². The van der Waals surface area contributed by atoms with Crippen molar-refractivity contribution in [3.8, 4) is 11.8 Å². The highest BCUT2D eigenvalue weighted by molar-refractivity contribution is 5.33. The number of rotatable bonds is 2. The molecule has 0 atom stereocenters. The molecule has 0 spiro atoms. The van der Waals surface area contributed by atoms with E-state index in [2.05, 4.69) is 6.07 Å². The van der Waals surface area contributed by atoms with Gasteiger partial charge in [0.2, 0.25) is 0 Å².